The molecule has 0 bridgehead atoms. The van der Waals surface area contributed by atoms with Gasteiger partial charge in [0.25, 0.3) is 0 Å². The Hall–Kier alpha value is -2.09. The molecule has 1 amide bonds. The van der Waals surface area contributed by atoms with Gasteiger partial charge in [-0.05, 0) is 38.5 Å². The van der Waals surface area contributed by atoms with Crippen molar-refractivity contribution in [1.82, 2.24) is 4.90 Å². The van der Waals surface area contributed by atoms with E-state index in [4.69, 9.17) is 10.00 Å². The molecule has 0 radical (unpaired) electrons. The summed E-state index contributed by atoms with van der Waals surface area (Å²) in [5.41, 5.74) is 0.795. The number of fused-ring (bicyclic) bond motifs is 1. The average Bonchev–Trinajstić information content (AvgIpc) is 2.73. The Kier molecular flexibility index (Phi) is 3.19. The molecule has 5 heteroatoms. The molecule has 0 N–H and O–H groups in total. The van der Waals surface area contributed by atoms with E-state index in [9.17, 15) is 9.18 Å². The molecule has 2 rings (SSSR count). The van der Waals surface area contributed by atoms with E-state index in [-0.39, 0.29) is 18.9 Å². The fraction of sp³-hybridized carbons (Fsp3) is 0.429. The summed E-state index contributed by atoms with van der Waals surface area (Å²) < 4.78 is 18.9. The molecule has 100 valence electrons. The highest BCUT2D eigenvalue weighted by Crippen LogP contribution is 2.29. The summed E-state index contributed by atoms with van der Waals surface area (Å²) in [4.78, 5) is 13.3. The molecule has 1 aliphatic heterocycles. The molecular weight excluding hydrogens is 247 g/mol. The van der Waals surface area contributed by atoms with E-state index in [1.54, 1.807) is 20.8 Å². The van der Waals surface area contributed by atoms with Crippen LogP contribution in [0.2, 0.25) is 0 Å². The van der Waals surface area contributed by atoms with E-state index in [1.165, 1.54) is 17.0 Å². The smallest absolute Gasteiger partial charge is 0.410 e. The fourth-order valence-corrected chi connectivity index (χ4v) is 2.01. The van der Waals surface area contributed by atoms with Crippen molar-refractivity contribution in [2.24, 2.45) is 0 Å². The number of ether oxygens (including phenoxy) is 1. The number of hydrogen-bond donors (Lipinski definition) is 0. The third kappa shape index (κ3) is 2.68. The first-order valence-electron chi connectivity index (χ1n) is 6.00. The monoisotopic (exact) mass is 262 g/mol. The fourth-order valence-electron chi connectivity index (χ4n) is 2.01. The van der Waals surface area contributed by atoms with Crippen LogP contribution in [0.1, 0.15) is 37.5 Å². The van der Waals surface area contributed by atoms with Crippen LogP contribution in [-0.2, 0) is 17.8 Å². The number of carbonyl (C=O) groups excluding carboxylic acids is 1. The predicted molar refractivity (Wildman–Crippen MR) is 66.6 cm³/mol. The zero-order chi connectivity index (χ0) is 14.2. The second kappa shape index (κ2) is 4.54. The van der Waals surface area contributed by atoms with Gasteiger partial charge >= 0.3 is 6.09 Å². The molecule has 0 fully saturated rings. The van der Waals surface area contributed by atoms with Crippen LogP contribution in [0.4, 0.5) is 9.18 Å². The summed E-state index contributed by atoms with van der Waals surface area (Å²) in [6.45, 7) is 5.68. The number of hydrogen-bond acceptors (Lipinski definition) is 3. The zero-order valence-corrected chi connectivity index (χ0v) is 11.2. The third-order valence-electron chi connectivity index (χ3n) is 2.84. The van der Waals surface area contributed by atoms with Crippen LogP contribution in [0.25, 0.3) is 0 Å². The van der Waals surface area contributed by atoms with Crippen LogP contribution >= 0.6 is 0 Å². The van der Waals surface area contributed by atoms with Crippen LogP contribution < -0.4 is 0 Å². The van der Waals surface area contributed by atoms with Gasteiger partial charge in [-0.15, -0.1) is 0 Å². The van der Waals surface area contributed by atoms with E-state index in [0.717, 1.165) is 0 Å². The van der Waals surface area contributed by atoms with E-state index >= 15 is 0 Å². The first-order chi connectivity index (χ1) is 8.81. The lowest BCUT2D eigenvalue weighted by Gasteiger charge is -2.24. The second-order valence-corrected chi connectivity index (χ2v) is 5.50. The summed E-state index contributed by atoms with van der Waals surface area (Å²) in [6.07, 6.45) is -0.494. The van der Waals surface area contributed by atoms with E-state index in [0.29, 0.717) is 16.7 Å². The summed E-state index contributed by atoms with van der Waals surface area (Å²) in [7, 11) is 0. The molecule has 19 heavy (non-hydrogen) atoms. The van der Waals surface area contributed by atoms with Gasteiger partial charge in [-0.2, -0.15) is 5.26 Å². The maximum Gasteiger partial charge on any atom is 0.410 e. The summed E-state index contributed by atoms with van der Waals surface area (Å²) in [5.74, 6) is -0.389. The highest BCUT2D eigenvalue weighted by molar-refractivity contribution is 5.70. The van der Waals surface area contributed by atoms with Gasteiger partial charge in [0.1, 0.15) is 11.4 Å². The van der Waals surface area contributed by atoms with Crippen molar-refractivity contribution in [2.75, 3.05) is 0 Å². The van der Waals surface area contributed by atoms with Gasteiger partial charge < -0.3 is 4.74 Å². The molecule has 4 nitrogen and oxygen atoms in total. The molecule has 1 aliphatic rings. The molecule has 0 aliphatic carbocycles. The minimum absolute atomic E-state index is 0.144. The topological polar surface area (TPSA) is 53.3 Å². The van der Waals surface area contributed by atoms with Crippen molar-refractivity contribution in [3.63, 3.8) is 0 Å². The van der Waals surface area contributed by atoms with Gasteiger partial charge in [-0.25, -0.2) is 9.18 Å². The average molecular weight is 262 g/mol. The Morgan fingerprint density at radius 3 is 2.58 bits per heavy atom. The maximum atomic E-state index is 13.7. The maximum absolute atomic E-state index is 13.7. The van der Waals surface area contributed by atoms with Crippen LogP contribution in [0.15, 0.2) is 12.1 Å². The van der Waals surface area contributed by atoms with Crippen LogP contribution in [0.3, 0.4) is 0 Å². The van der Waals surface area contributed by atoms with Crippen LogP contribution in [-0.4, -0.2) is 16.6 Å². The van der Waals surface area contributed by atoms with Gasteiger partial charge in [0.15, 0.2) is 0 Å². The van der Waals surface area contributed by atoms with Crippen LogP contribution in [0.5, 0.6) is 0 Å². The second-order valence-electron chi connectivity index (χ2n) is 5.50. The van der Waals surface area contributed by atoms with Crippen molar-refractivity contribution in [3.8, 4) is 6.07 Å². The Balaban J connectivity index is 2.23. The molecular formula is C14H15FN2O2. The largest absolute Gasteiger partial charge is 0.444 e. The molecule has 0 aromatic heterocycles. The number of amides is 1. The van der Waals surface area contributed by atoms with Gasteiger partial charge in [-0.3, -0.25) is 4.90 Å². The molecule has 0 spiro atoms. The highest BCUT2D eigenvalue weighted by atomic mass is 19.1. The van der Waals surface area contributed by atoms with E-state index < -0.39 is 11.7 Å². The van der Waals surface area contributed by atoms with Gasteiger partial charge in [0.05, 0.1) is 24.7 Å². The SMILES string of the molecule is CC(C)(C)OC(=O)N1Cc2c(F)ccc(C#N)c2C1. The van der Waals surface area contributed by atoms with Crippen molar-refractivity contribution in [3.05, 3.63) is 34.6 Å². The van der Waals surface area contributed by atoms with Crippen molar-refractivity contribution >= 4 is 6.09 Å². The van der Waals surface area contributed by atoms with Gasteiger partial charge in [0, 0.05) is 5.56 Å². The summed E-state index contributed by atoms with van der Waals surface area (Å²) in [6, 6.07) is 4.71. The number of benzene rings is 1. The molecule has 0 unspecified atom stereocenters. The molecule has 1 aromatic carbocycles. The Morgan fingerprint density at radius 1 is 1.37 bits per heavy atom. The van der Waals surface area contributed by atoms with Gasteiger partial charge in [0.2, 0.25) is 0 Å². The Morgan fingerprint density at radius 2 is 2.00 bits per heavy atom. The van der Waals surface area contributed by atoms with E-state index in [2.05, 4.69) is 0 Å². The third-order valence-corrected chi connectivity index (χ3v) is 2.84. The van der Waals surface area contributed by atoms with Gasteiger partial charge in [-0.1, -0.05) is 0 Å². The lowest BCUT2D eigenvalue weighted by molar-refractivity contribution is 0.0241. The molecule has 0 saturated heterocycles. The minimum atomic E-state index is -0.595. The standard InChI is InChI=1S/C14H15FN2O2/c1-14(2,3)19-13(18)17-7-10-9(6-16)4-5-12(15)11(10)8-17/h4-5H,7-8H2,1-3H3. The molecule has 1 aromatic rings. The summed E-state index contributed by atoms with van der Waals surface area (Å²) in [5, 5.41) is 9.00. The molecule has 1 heterocycles. The number of carbonyl (C=O) groups is 1. The first kappa shape index (κ1) is 13.3. The summed E-state index contributed by atoms with van der Waals surface area (Å²) >= 11 is 0. The number of nitriles is 1. The number of rotatable bonds is 0. The molecule has 0 atom stereocenters. The quantitative estimate of drug-likeness (QED) is 0.722. The lowest BCUT2D eigenvalue weighted by atomic mass is 10.0. The van der Waals surface area contributed by atoms with E-state index in [1.807, 2.05) is 6.07 Å². The van der Waals surface area contributed by atoms with Crippen LogP contribution in [0, 0.1) is 17.1 Å². The van der Waals surface area contributed by atoms with Crippen molar-refractivity contribution < 1.29 is 13.9 Å². The number of halogens is 1. The minimum Gasteiger partial charge on any atom is -0.444 e. The highest BCUT2D eigenvalue weighted by Gasteiger charge is 2.31. The predicted octanol–water partition coefficient (Wildman–Crippen LogP) is 2.95. The van der Waals surface area contributed by atoms with Crippen molar-refractivity contribution in [2.45, 2.75) is 39.5 Å². The Labute approximate surface area is 111 Å². The molecule has 0 saturated carbocycles. The lowest BCUT2D eigenvalue weighted by Crippen LogP contribution is -2.33. The normalized spacial score (nSPS) is 13.9. The zero-order valence-electron chi connectivity index (χ0n) is 11.2. The first-order valence-corrected chi connectivity index (χ1v) is 6.00. The number of nitrogens with zero attached hydrogens (tertiary/aromatic N) is 2. The Bertz CT molecular complexity index is 570. The van der Waals surface area contributed by atoms with Crippen molar-refractivity contribution in [1.29, 1.82) is 5.26 Å².